The van der Waals surface area contributed by atoms with E-state index < -0.39 is 0 Å². The molecule has 0 spiro atoms. The maximum Gasteiger partial charge on any atom is 0.00953 e. The molecule has 1 saturated heterocycles. The van der Waals surface area contributed by atoms with Gasteiger partial charge in [0.05, 0.1) is 0 Å². The molecule has 1 nitrogen and oxygen atoms in total. The summed E-state index contributed by atoms with van der Waals surface area (Å²) in [6, 6.07) is 0.895. The molecule has 0 bridgehead atoms. The Bertz CT molecular complexity index is 108. The van der Waals surface area contributed by atoms with Gasteiger partial charge in [-0.1, -0.05) is 19.3 Å². The van der Waals surface area contributed by atoms with E-state index in [0.717, 1.165) is 12.0 Å². The first-order valence-electron chi connectivity index (χ1n) is 5.20. The summed E-state index contributed by atoms with van der Waals surface area (Å²) in [5.74, 6) is 1.03. The Labute approximate surface area is 69.6 Å². The van der Waals surface area contributed by atoms with Crippen molar-refractivity contribution < 1.29 is 0 Å². The smallest absolute Gasteiger partial charge is 0.00953 e. The molecule has 2 rings (SSSR count). The molecule has 0 amide bonds. The average Bonchev–Trinajstić information content (AvgIpc) is 2.28. The van der Waals surface area contributed by atoms with E-state index >= 15 is 0 Å². The third-order valence-corrected chi connectivity index (χ3v) is 3.32. The molecule has 1 saturated carbocycles. The summed E-state index contributed by atoms with van der Waals surface area (Å²) in [6.45, 7) is 1.28. The first-order chi connectivity index (χ1) is 5.47. The molecule has 1 heteroatoms. The quantitative estimate of drug-likeness (QED) is 0.563. The summed E-state index contributed by atoms with van der Waals surface area (Å²) in [5.41, 5.74) is 0. The minimum absolute atomic E-state index is 0.895. The maximum atomic E-state index is 3.68. The Balaban J connectivity index is 1.93. The fourth-order valence-corrected chi connectivity index (χ4v) is 2.64. The van der Waals surface area contributed by atoms with Crippen molar-refractivity contribution in [2.45, 2.75) is 51.0 Å². The molecule has 11 heavy (non-hydrogen) atoms. The van der Waals surface area contributed by atoms with Gasteiger partial charge in [-0.05, 0) is 38.1 Å². The van der Waals surface area contributed by atoms with Crippen LogP contribution < -0.4 is 5.32 Å². The largest absolute Gasteiger partial charge is 0.314 e. The SMILES string of the molecule is C1CC[C@@H]2CCCC[C@H]2NC1. The topological polar surface area (TPSA) is 12.0 Å². The predicted octanol–water partition coefficient (Wildman–Crippen LogP) is 2.32. The van der Waals surface area contributed by atoms with Gasteiger partial charge in [-0.15, -0.1) is 0 Å². The lowest BCUT2D eigenvalue weighted by molar-refractivity contribution is 0.267. The highest BCUT2D eigenvalue weighted by molar-refractivity contribution is 4.82. The molecule has 64 valence electrons. The molecular weight excluding hydrogens is 134 g/mol. The van der Waals surface area contributed by atoms with E-state index in [1.165, 1.54) is 51.5 Å². The Hall–Kier alpha value is -0.0400. The van der Waals surface area contributed by atoms with Crippen LogP contribution in [0.25, 0.3) is 0 Å². The fourth-order valence-electron chi connectivity index (χ4n) is 2.64. The molecule has 0 unspecified atom stereocenters. The number of nitrogens with one attached hydrogen (secondary N) is 1. The lowest BCUT2D eigenvalue weighted by Crippen LogP contribution is -2.36. The molecule has 1 aliphatic heterocycles. The minimum atomic E-state index is 0.895. The van der Waals surface area contributed by atoms with Gasteiger partial charge in [-0.25, -0.2) is 0 Å². The third kappa shape index (κ3) is 1.76. The van der Waals surface area contributed by atoms with E-state index in [1.807, 2.05) is 0 Å². The van der Waals surface area contributed by atoms with Gasteiger partial charge in [0.2, 0.25) is 0 Å². The zero-order valence-electron chi connectivity index (χ0n) is 7.31. The van der Waals surface area contributed by atoms with Crippen LogP contribution in [0.2, 0.25) is 0 Å². The van der Waals surface area contributed by atoms with Gasteiger partial charge in [0.25, 0.3) is 0 Å². The molecule has 1 N–H and O–H groups in total. The second kappa shape index (κ2) is 3.57. The number of fused-ring (bicyclic) bond motifs is 1. The van der Waals surface area contributed by atoms with Crippen molar-refractivity contribution in [3.63, 3.8) is 0 Å². The van der Waals surface area contributed by atoms with Crippen LogP contribution in [0.1, 0.15) is 44.9 Å². The van der Waals surface area contributed by atoms with Gasteiger partial charge in [-0.2, -0.15) is 0 Å². The molecule has 2 aliphatic rings. The highest BCUT2D eigenvalue weighted by atomic mass is 14.9. The van der Waals surface area contributed by atoms with Gasteiger partial charge >= 0.3 is 0 Å². The fraction of sp³-hybridized carbons (Fsp3) is 1.00. The van der Waals surface area contributed by atoms with Gasteiger partial charge < -0.3 is 5.32 Å². The van der Waals surface area contributed by atoms with Crippen molar-refractivity contribution >= 4 is 0 Å². The van der Waals surface area contributed by atoms with Crippen LogP contribution in [0, 0.1) is 5.92 Å². The van der Waals surface area contributed by atoms with Crippen LogP contribution in [0.3, 0.4) is 0 Å². The lowest BCUT2D eigenvalue weighted by Gasteiger charge is -2.30. The Morgan fingerprint density at radius 3 is 2.45 bits per heavy atom. The standard InChI is InChI=1S/C10H19N/c1-2-7-10-9(5-1)6-3-4-8-11-10/h9-11H,1-8H2/t9-,10+/m0/s1. The molecule has 0 radical (unpaired) electrons. The van der Waals surface area contributed by atoms with Crippen LogP contribution in [0.4, 0.5) is 0 Å². The van der Waals surface area contributed by atoms with Gasteiger partial charge in [-0.3, -0.25) is 0 Å². The highest BCUT2D eigenvalue weighted by Gasteiger charge is 2.25. The number of hydrogen-bond acceptors (Lipinski definition) is 1. The van der Waals surface area contributed by atoms with Crippen molar-refractivity contribution in [2.24, 2.45) is 5.92 Å². The maximum absolute atomic E-state index is 3.68. The van der Waals surface area contributed by atoms with Crippen LogP contribution in [-0.4, -0.2) is 12.6 Å². The Morgan fingerprint density at radius 1 is 0.818 bits per heavy atom. The van der Waals surface area contributed by atoms with Crippen LogP contribution in [0.15, 0.2) is 0 Å². The van der Waals surface area contributed by atoms with E-state index in [-0.39, 0.29) is 0 Å². The monoisotopic (exact) mass is 153 g/mol. The van der Waals surface area contributed by atoms with E-state index in [0.29, 0.717) is 0 Å². The molecule has 2 fully saturated rings. The van der Waals surface area contributed by atoms with Crippen molar-refractivity contribution in [3.8, 4) is 0 Å². The van der Waals surface area contributed by atoms with Crippen LogP contribution in [-0.2, 0) is 0 Å². The lowest BCUT2D eigenvalue weighted by atomic mass is 9.82. The van der Waals surface area contributed by atoms with E-state index in [1.54, 1.807) is 0 Å². The second-order valence-corrected chi connectivity index (χ2v) is 4.10. The Morgan fingerprint density at radius 2 is 1.55 bits per heavy atom. The summed E-state index contributed by atoms with van der Waals surface area (Å²) in [4.78, 5) is 0. The van der Waals surface area contributed by atoms with Gasteiger partial charge in [0, 0.05) is 6.04 Å². The van der Waals surface area contributed by atoms with E-state index in [4.69, 9.17) is 0 Å². The van der Waals surface area contributed by atoms with Crippen molar-refractivity contribution in [2.75, 3.05) is 6.54 Å². The zero-order chi connectivity index (χ0) is 7.52. The number of hydrogen-bond donors (Lipinski definition) is 1. The first-order valence-corrected chi connectivity index (χ1v) is 5.20. The zero-order valence-corrected chi connectivity index (χ0v) is 7.31. The second-order valence-electron chi connectivity index (χ2n) is 4.10. The average molecular weight is 153 g/mol. The minimum Gasteiger partial charge on any atom is -0.314 e. The number of rotatable bonds is 0. The van der Waals surface area contributed by atoms with Crippen molar-refractivity contribution in [3.05, 3.63) is 0 Å². The predicted molar refractivity (Wildman–Crippen MR) is 47.6 cm³/mol. The summed E-state index contributed by atoms with van der Waals surface area (Å²) in [6.07, 6.45) is 10.3. The van der Waals surface area contributed by atoms with Gasteiger partial charge in [0.1, 0.15) is 0 Å². The van der Waals surface area contributed by atoms with Crippen molar-refractivity contribution in [1.82, 2.24) is 5.32 Å². The van der Waals surface area contributed by atoms with Gasteiger partial charge in [0.15, 0.2) is 0 Å². The summed E-state index contributed by atoms with van der Waals surface area (Å²) >= 11 is 0. The van der Waals surface area contributed by atoms with E-state index in [9.17, 15) is 0 Å². The highest BCUT2D eigenvalue weighted by Crippen LogP contribution is 2.29. The van der Waals surface area contributed by atoms with Crippen LogP contribution >= 0.6 is 0 Å². The molecule has 1 heterocycles. The summed E-state index contributed by atoms with van der Waals surface area (Å²) < 4.78 is 0. The molecule has 0 aromatic rings. The van der Waals surface area contributed by atoms with Crippen LogP contribution in [0.5, 0.6) is 0 Å². The third-order valence-electron chi connectivity index (χ3n) is 3.32. The summed E-state index contributed by atoms with van der Waals surface area (Å²) in [7, 11) is 0. The molecule has 0 aromatic carbocycles. The summed E-state index contributed by atoms with van der Waals surface area (Å²) in [5, 5.41) is 3.68. The normalized spacial score (nSPS) is 39.3. The van der Waals surface area contributed by atoms with Crippen molar-refractivity contribution in [1.29, 1.82) is 0 Å². The molecular formula is C10H19N. The first kappa shape index (κ1) is 7.60. The van der Waals surface area contributed by atoms with E-state index in [2.05, 4.69) is 5.32 Å². The molecule has 1 aliphatic carbocycles. The molecule has 0 aromatic heterocycles. The Kier molecular flexibility index (Phi) is 2.47. The molecule has 2 atom stereocenters.